The van der Waals surface area contributed by atoms with Gasteiger partial charge in [0.25, 0.3) is 0 Å². The molecule has 1 atom stereocenters. The Balaban J connectivity index is 1.73. The van der Waals surface area contributed by atoms with Gasteiger partial charge >= 0.3 is 7.60 Å². The number of hydrogen-bond acceptors (Lipinski definition) is 3. The van der Waals surface area contributed by atoms with E-state index >= 15 is 0 Å². The average Bonchev–Trinajstić information content (AvgIpc) is 3.03. The van der Waals surface area contributed by atoms with Gasteiger partial charge in [-0.25, -0.2) is 0 Å². The molecule has 1 aromatic heterocycles. The van der Waals surface area contributed by atoms with E-state index < -0.39 is 19.2 Å². The zero-order valence-corrected chi connectivity index (χ0v) is 16.0. The van der Waals surface area contributed by atoms with Gasteiger partial charge in [0.1, 0.15) is 5.58 Å². The number of amides is 1. The lowest BCUT2D eigenvalue weighted by molar-refractivity contribution is -0.116. The summed E-state index contributed by atoms with van der Waals surface area (Å²) in [5.41, 5.74) is -0.813. The summed E-state index contributed by atoms with van der Waals surface area (Å²) in [6.45, 7) is 0. The predicted molar refractivity (Wildman–Crippen MR) is 109 cm³/mol. The Bertz CT molecular complexity index is 1250. The highest BCUT2D eigenvalue weighted by Gasteiger charge is 2.39. The molecule has 0 spiro atoms. The smallest absolute Gasteiger partial charge is 0.342 e. The van der Waals surface area contributed by atoms with Gasteiger partial charge in [-0.05, 0) is 41.1 Å². The first kappa shape index (κ1) is 18.7. The van der Waals surface area contributed by atoms with Gasteiger partial charge in [-0.3, -0.25) is 9.36 Å². The molecule has 4 aromatic rings. The van der Waals surface area contributed by atoms with Crippen molar-refractivity contribution in [1.29, 1.82) is 0 Å². The Labute approximate surface area is 164 Å². The Morgan fingerprint density at radius 1 is 1.04 bits per heavy atom. The van der Waals surface area contributed by atoms with Crippen LogP contribution in [0, 0.1) is 0 Å². The summed E-state index contributed by atoms with van der Waals surface area (Å²) >= 11 is 6.00. The Morgan fingerprint density at radius 3 is 2.54 bits per heavy atom. The fourth-order valence-corrected chi connectivity index (χ4v) is 4.29. The van der Waals surface area contributed by atoms with Crippen molar-refractivity contribution in [3.63, 3.8) is 0 Å². The Hall–Kier alpha value is -2.63. The summed E-state index contributed by atoms with van der Waals surface area (Å²) in [7, 11) is -4.84. The molecule has 142 valence electrons. The highest BCUT2D eigenvalue weighted by molar-refractivity contribution is 7.53. The first-order chi connectivity index (χ1) is 13.3. The number of anilines is 1. The number of rotatable bonds is 4. The van der Waals surface area contributed by atoms with E-state index in [0.717, 1.165) is 10.8 Å². The summed E-state index contributed by atoms with van der Waals surface area (Å²) in [5, 5.41) is 5.24. The lowest BCUT2D eigenvalue weighted by atomic mass is 10.1. The van der Waals surface area contributed by atoms with Gasteiger partial charge in [0.15, 0.2) is 5.66 Å². The van der Waals surface area contributed by atoms with Crippen LogP contribution in [-0.2, 0) is 9.36 Å². The largest absolute Gasteiger partial charge is 0.464 e. The summed E-state index contributed by atoms with van der Waals surface area (Å²) in [6.07, 6.45) is 1.19. The number of carbonyl (C=O) groups is 1. The van der Waals surface area contributed by atoms with Gasteiger partial charge in [0.05, 0.1) is 6.26 Å². The topological polar surface area (TPSA) is 99.8 Å². The molecule has 3 N–H and O–H groups in total. The second-order valence-corrected chi connectivity index (χ2v) is 8.51. The SMILES string of the molecule is O=C(Nc1ccc2ccccc2c1)C(c1coc2ccc(Cl)cc12)P(=O)(O)O. The minimum atomic E-state index is -4.84. The maximum Gasteiger partial charge on any atom is 0.342 e. The minimum absolute atomic E-state index is 0.0872. The van der Waals surface area contributed by atoms with Crippen LogP contribution < -0.4 is 5.32 Å². The minimum Gasteiger partial charge on any atom is -0.464 e. The van der Waals surface area contributed by atoms with Gasteiger partial charge in [-0.15, -0.1) is 0 Å². The van der Waals surface area contributed by atoms with Crippen LogP contribution in [0.2, 0.25) is 5.02 Å². The van der Waals surface area contributed by atoms with E-state index in [9.17, 15) is 19.1 Å². The number of benzene rings is 3. The van der Waals surface area contributed by atoms with Crippen LogP contribution in [0.3, 0.4) is 0 Å². The van der Waals surface area contributed by atoms with E-state index in [1.54, 1.807) is 24.3 Å². The average molecular weight is 416 g/mol. The number of hydrogen-bond donors (Lipinski definition) is 3. The molecule has 0 saturated carbocycles. The quantitative estimate of drug-likeness (QED) is 0.403. The second-order valence-electron chi connectivity index (χ2n) is 6.37. The number of furan rings is 1. The van der Waals surface area contributed by atoms with Gasteiger partial charge in [0.2, 0.25) is 5.91 Å². The maximum atomic E-state index is 12.8. The lowest BCUT2D eigenvalue weighted by Gasteiger charge is -2.17. The zero-order chi connectivity index (χ0) is 19.9. The molecular formula is C20H15ClNO5P. The molecule has 8 heteroatoms. The molecule has 28 heavy (non-hydrogen) atoms. The molecule has 6 nitrogen and oxygen atoms in total. The van der Waals surface area contributed by atoms with E-state index in [1.807, 2.05) is 30.3 Å². The maximum absolute atomic E-state index is 12.8. The predicted octanol–water partition coefficient (Wildman–Crippen LogP) is 5.10. The van der Waals surface area contributed by atoms with Crippen molar-refractivity contribution in [3.05, 3.63) is 77.5 Å². The second kappa shape index (κ2) is 7.08. The summed E-state index contributed by atoms with van der Waals surface area (Å²) in [6, 6.07) is 17.5. The van der Waals surface area contributed by atoms with Crippen LogP contribution in [0.4, 0.5) is 5.69 Å². The lowest BCUT2D eigenvalue weighted by Crippen LogP contribution is -2.21. The van der Waals surface area contributed by atoms with Crippen LogP contribution in [0.1, 0.15) is 11.2 Å². The molecule has 0 saturated heterocycles. The standard InChI is InChI=1S/C20H15ClNO5P/c21-14-6-8-18-16(10-14)17(11-27-18)19(28(24,25)26)20(23)22-15-7-5-12-3-1-2-4-13(12)9-15/h1-11,19H,(H,22,23)(H2,24,25,26). The normalized spacial score (nSPS) is 13.0. The van der Waals surface area contributed by atoms with E-state index in [2.05, 4.69) is 5.32 Å². The first-order valence-corrected chi connectivity index (χ1v) is 10.4. The van der Waals surface area contributed by atoms with Gasteiger partial charge in [-0.2, -0.15) is 0 Å². The van der Waals surface area contributed by atoms with Crippen molar-refractivity contribution < 1.29 is 23.6 Å². The van der Waals surface area contributed by atoms with Crippen molar-refractivity contribution in [1.82, 2.24) is 0 Å². The van der Waals surface area contributed by atoms with E-state index in [1.165, 1.54) is 12.3 Å². The Kier molecular flexibility index (Phi) is 4.73. The van der Waals surface area contributed by atoms with Crippen LogP contribution in [0.5, 0.6) is 0 Å². The van der Waals surface area contributed by atoms with Gasteiger partial charge < -0.3 is 19.5 Å². The molecule has 0 aliphatic rings. The molecule has 0 aliphatic carbocycles. The van der Waals surface area contributed by atoms with Gasteiger partial charge in [-0.1, -0.05) is 41.9 Å². The molecule has 0 aliphatic heterocycles. The first-order valence-electron chi connectivity index (χ1n) is 8.34. The fraction of sp³-hybridized carbons (Fsp3) is 0.0500. The van der Waals surface area contributed by atoms with Crippen LogP contribution in [0.15, 0.2) is 71.3 Å². The number of carbonyl (C=O) groups excluding carboxylic acids is 1. The summed E-state index contributed by atoms with van der Waals surface area (Å²) in [4.78, 5) is 32.6. The fourth-order valence-electron chi connectivity index (χ4n) is 3.19. The van der Waals surface area contributed by atoms with E-state index in [-0.39, 0.29) is 5.56 Å². The van der Waals surface area contributed by atoms with Crippen molar-refractivity contribution >= 4 is 52.5 Å². The molecule has 3 aromatic carbocycles. The van der Waals surface area contributed by atoms with Crippen LogP contribution in [-0.4, -0.2) is 15.7 Å². The molecule has 0 fully saturated rings. The molecule has 1 unspecified atom stereocenters. The third-order valence-corrected chi connectivity index (χ3v) is 5.88. The zero-order valence-electron chi connectivity index (χ0n) is 14.4. The molecule has 0 radical (unpaired) electrons. The molecule has 1 amide bonds. The molecular weight excluding hydrogens is 401 g/mol. The van der Waals surface area contributed by atoms with E-state index in [0.29, 0.717) is 21.7 Å². The third kappa shape index (κ3) is 3.55. The van der Waals surface area contributed by atoms with Crippen molar-refractivity contribution in [2.24, 2.45) is 0 Å². The van der Waals surface area contributed by atoms with Crippen LogP contribution >= 0.6 is 19.2 Å². The molecule has 0 bridgehead atoms. The highest BCUT2D eigenvalue weighted by atomic mass is 35.5. The molecule has 4 rings (SSSR count). The third-order valence-electron chi connectivity index (χ3n) is 4.46. The highest BCUT2D eigenvalue weighted by Crippen LogP contribution is 2.54. The summed E-state index contributed by atoms with van der Waals surface area (Å²) < 4.78 is 17.5. The number of nitrogens with one attached hydrogen (secondary N) is 1. The Morgan fingerprint density at radius 2 is 1.79 bits per heavy atom. The van der Waals surface area contributed by atoms with Crippen molar-refractivity contribution in [2.75, 3.05) is 5.32 Å². The van der Waals surface area contributed by atoms with Crippen LogP contribution in [0.25, 0.3) is 21.7 Å². The number of halogens is 1. The van der Waals surface area contributed by atoms with Gasteiger partial charge in [0, 0.05) is 21.7 Å². The van der Waals surface area contributed by atoms with Crippen molar-refractivity contribution in [2.45, 2.75) is 5.66 Å². The van der Waals surface area contributed by atoms with Crippen molar-refractivity contribution in [3.8, 4) is 0 Å². The van der Waals surface area contributed by atoms with E-state index in [4.69, 9.17) is 16.0 Å². The monoisotopic (exact) mass is 415 g/mol. The summed E-state index contributed by atoms with van der Waals surface area (Å²) in [5.74, 6) is -0.828. The molecule has 1 heterocycles. The number of fused-ring (bicyclic) bond motifs is 2.